The molecule has 2 atom stereocenters. The average molecular weight is 426 g/mol. The van der Waals surface area contributed by atoms with Crippen molar-refractivity contribution in [3.8, 4) is 11.5 Å². The number of ketones is 1. The highest BCUT2D eigenvalue weighted by atomic mass is 35.5. The molecule has 0 bridgehead atoms. The Morgan fingerprint density at radius 2 is 1.73 bits per heavy atom. The van der Waals surface area contributed by atoms with Crippen molar-refractivity contribution in [2.24, 2.45) is 0 Å². The SMILES string of the molecule is CCOc1ccc(C2CC(=O)C3=C(C2)NC(=O)CC3c2ccc(Cl)cc2)cc1OC. The van der Waals surface area contributed by atoms with Crippen LogP contribution in [0.3, 0.4) is 0 Å². The second kappa shape index (κ2) is 8.52. The quantitative estimate of drug-likeness (QED) is 0.750. The van der Waals surface area contributed by atoms with Gasteiger partial charge >= 0.3 is 0 Å². The van der Waals surface area contributed by atoms with Crippen LogP contribution in [0.1, 0.15) is 49.1 Å². The van der Waals surface area contributed by atoms with E-state index in [0.29, 0.717) is 36.0 Å². The third-order valence-corrected chi connectivity index (χ3v) is 6.02. The van der Waals surface area contributed by atoms with E-state index in [0.717, 1.165) is 22.4 Å². The number of Topliss-reactive ketones (excluding diaryl/α,β-unsaturated/α-hetero) is 1. The monoisotopic (exact) mass is 425 g/mol. The molecule has 2 aliphatic rings. The van der Waals surface area contributed by atoms with Crippen LogP contribution in [-0.2, 0) is 9.59 Å². The van der Waals surface area contributed by atoms with Crippen LogP contribution in [0.4, 0.5) is 0 Å². The molecular formula is C24H24ClNO4. The van der Waals surface area contributed by atoms with E-state index in [1.54, 1.807) is 19.2 Å². The Morgan fingerprint density at radius 1 is 1.00 bits per heavy atom. The van der Waals surface area contributed by atoms with E-state index in [2.05, 4.69) is 5.32 Å². The van der Waals surface area contributed by atoms with Gasteiger partial charge in [-0.2, -0.15) is 0 Å². The van der Waals surface area contributed by atoms with E-state index < -0.39 is 0 Å². The summed E-state index contributed by atoms with van der Waals surface area (Å²) in [6.45, 7) is 2.47. The Morgan fingerprint density at radius 3 is 2.43 bits per heavy atom. The number of halogens is 1. The molecule has 30 heavy (non-hydrogen) atoms. The van der Waals surface area contributed by atoms with Crippen LogP contribution >= 0.6 is 11.6 Å². The summed E-state index contributed by atoms with van der Waals surface area (Å²) in [4.78, 5) is 25.6. The molecular weight excluding hydrogens is 402 g/mol. The predicted octanol–water partition coefficient (Wildman–Crippen LogP) is 4.75. The van der Waals surface area contributed by atoms with Gasteiger partial charge in [0.05, 0.1) is 13.7 Å². The molecule has 6 heteroatoms. The number of nitrogens with one attached hydrogen (secondary N) is 1. The van der Waals surface area contributed by atoms with Crippen molar-refractivity contribution >= 4 is 23.3 Å². The Kier molecular flexibility index (Phi) is 5.82. The maximum absolute atomic E-state index is 13.2. The summed E-state index contributed by atoms with van der Waals surface area (Å²) in [7, 11) is 1.60. The predicted molar refractivity (Wildman–Crippen MR) is 115 cm³/mol. The highest BCUT2D eigenvalue weighted by Gasteiger charge is 2.38. The van der Waals surface area contributed by atoms with Crippen LogP contribution in [0.2, 0.25) is 5.02 Å². The summed E-state index contributed by atoms with van der Waals surface area (Å²) >= 11 is 6.01. The lowest BCUT2D eigenvalue weighted by Crippen LogP contribution is -2.38. The van der Waals surface area contributed by atoms with Gasteiger partial charge in [0.25, 0.3) is 0 Å². The van der Waals surface area contributed by atoms with Gasteiger partial charge in [-0.3, -0.25) is 9.59 Å². The second-order valence-corrected chi connectivity index (χ2v) is 8.06. The van der Waals surface area contributed by atoms with E-state index in [1.807, 2.05) is 37.3 Å². The van der Waals surface area contributed by atoms with Crippen molar-refractivity contribution in [1.29, 1.82) is 0 Å². The minimum Gasteiger partial charge on any atom is -0.493 e. The zero-order chi connectivity index (χ0) is 21.3. The molecule has 0 saturated carbocycles. The van der Waals surface area contributed by atoms with E-state index >= 15 is 0 Å². The number of carbonyl (C=O) groups excluding carboxylic acids is 2. The van der Waals surface area contributed by atoms with Gasteiger partial charge in [0.2, 0.25) is 5.91 Å². The zero-order valence-corrected chi connectivity index (χ0v) is 17.8. The van der Waals surface area contributed by atoms with Crippen LogP contribution in [0.25, 0.3) is 0 Å². The topological polar surface area (TPSA) is 64.6 Å². The highest BCUT2D eigenvalue weighted by Crippen LogP contribution is 2.43. The highest BCUT2D eigenvalue weighted by molar-refractivity contribution is 6.30. The summed E-state index contributed by atoms with van der Waals surface area (Å²) in [6.07, 6.45) is 1.28. The molecule has 1 heterocycles. The number of hydrogen-bond acceptors (Lipinski definition) is 4. The smallest absolute Gasteiger partial charge is 0.225 e. The molecule has 1 aliphatic carbocycles. The first kappa shape index (κ1) is 20.5. The second-order valence-electron chi connectivity index (χ2n) is 7.62. The minimum absolute atomic E-state index is 0.0231. The largest absolute Gasteiger partial charge is 0.493 e. The summed E-state index contributed by atoms with van der Waals surface area (Å²) in [5.41, 5.74) is 3.40. The average Bonchev–Trinajstić information content (AvgIpc) is 2.73. The van der Waals surface area contributed by atoms with Crippen molar-refractivity contribution in [3.05, 3.63) is 69.9 Å². The van der Waals surface area contributed by atoms with Crippen LogP contribution in [0, 0.1) is 0 Å². The third-order valence-electron chi connectivity index (χ3n) is 5.77. The van der Waals surface area contributed by atoms with Gasteiger partial charge in [-0.15, -0.1) is 0 Å². The van der Waals surface area contributed by atoms with Gasteiger partial charge in [0.15, 0.2) is 17.3 Å². The molecule has 1 N–H and O–H groups in total. The fraction of sp³-hybridized carbons (Fsp3) is 0.333. The summed E-state index contributed by atoms with van der Waals surface area (Å²) < 4.78 is 11.1. The van der Waals surface area contributed by atoms with Crippen LogP contribution in [0.5, 0.6) is 11.5 Å². The number of hydrogen-bond donors (Lipinski definition) is 1. The van der Waals surface area contributed by atoms with E-state index in [1.165, 1.54) is 0 Å². The van der Waals surface area contributed by atoms with Crippen molar-refractivity contribution in [1.82, 2.24) is 5.32 Å². The van der Waals surface area contributed by atoms with Crippen molar-refractivity contribution in [3.63, 3.8) is 0 Å². The lowest BCUT2D eigenvalue weighted by molar-refractivity contribution is -0.122. The van der Waals surface area contributed by atoms with Gasteiger partial charge in [-0.05, 0) is 54.7 Å². The number of methoxy groups -OCH3 is 1. The first-order valence-corrected chi connectivity index (χ1v) is 10.5. The van der Waals surface area contributed by atoms with Crippen molar-refractivity contribution in [2.75, 3.05) is 13.7 Å². The molecule has 4 rings (SSSR count). The first-order chi connectivity index (χ1) is 14.5. The Hall–Kier alpha value is -2.79. The molecule has 156 valence electrons. The zero-order valence-electron chi connectivity index (χ0n) is 17.0. The fourth-order valence-electron chi connectivity index (χ4n) is 4.39. The molecule has 2 aromatic rings. The number of ether oxygens (including phenoxy) is 2. The van der Waals surface area contributed by atoms with Gasteiger partial charge in [0, 0.05) is 35.1 Å². The Bertz CT molecular complexity index is 1010. The van der Waals surface area contributed by atoms with Crippen LogP contribution < -0.4 is 14.8 Å². The molecule has 2 aromatic carbocycles. The van der Waals surface area contributed by atoms with Crippen molar-refractivity contribution < 1.29 is 19.1 Å². The number of amides is 1. The third kappa shape index (κ3) is 3.94. The van der Waals surface area contributed by atoms with Gasteiger partial charge < -0.3 is 14.8 Å². The lowest BCUT2D eigenvalue weighted by Gasteiger charge is -2.34. The molecule has 5 nitrogen and oxygen atoms in total. The minimum atomic E-state index is -0.227. The normalized spacial score (nSPS) is 21.2. The summed E-state index contributed by atoms with van der Waals surface area (Å²) in [5.74, 6) is 1.09. The molecule has 0 saturated heterocycles. The lowest BCUT2D eigenvalue weighted by atomic mass is 9.73. The number of rotatable bonds is 5. The number of benzene rings is 2. The first-order valence-electron chi connectivity index (χ1n) is 10.1. The maximum Gasteiger partial charge on any atom is 0.225 e. The van der Waals surface area contributed by atoms with Gasteiger partial charge in [-0.25, -0.2) is 0 Å². The molecule has 1 amide bonds. The van der Waals surface area contributed by atoms with Crippen LogP contribution in [-0.4, -0.2) is 25.4 Å². The van der Waals surface area contributed by atoms with Crippen LogP contribution in [0.15, 0.2) is 53.7 Å². The van der Waals surface area contributed by atoms with E-state index in [-0.39, 0.29) is 29.9 Å². The molecule has 0 aromatic heterocycles. The number of carbonyl (C=O) groups is 2. The molecule has 0 spiro atoms. The molecule has 0 fully saturated rings. The molecule has 2 unspecified atom stereocenters. The summed E-state index contributed by atoms with van der Waals surface area (Å²) in [6, 6.07) is 13.2. The van der Waals surface area contributed by atoms with E-state index in [4.69, 9.17) is 21.1 Å². The van der Waals surface area contributed by atoms with E-state index in [9.17, 15) is 9.59 Å². The van der Waals surface area contributed by atoms with Gasteiger partial charge in [0.1, 0.15) is 0 Å². The standard InChI is InChI=1S/C24H24ClNO4/c1-3-30-21-9-6-15(12-22(21)29-2)16-10-19-24(20(27)11-16)18(13-23(28)26-19)14-4-7-17(25)8-5-14/h4-9,12,16,18H,3,10-11,13H2,1-2H3,(H,26,28). The molecule has 0 radical (unpaired) electrons. The Labute approximate surface area is 181 Å². The van der Waals surface area contributed by atoms with Gasteiger partial charge in [-0.1, -0.05) is 29.8 Å². The van der Waals surface area contributed by atoms with Crippen molar-refractivity contribution in [2.45, 2.75) is 38.0 Å². The molecule has 1 aliphatic heterocycles. The maximum atomic E-state index is 13.2. The fourth-order valence-corrected chi connectivity index (χ4v) is 4.51. The summed E-state index contributed by atoms with van der Waals surface area (Å²) in [5, 5.41) is 3.59. The Balaban J connectivity index is 1.66. The number of allylic oxidation sites excluding steroid dienone is 2.